The van der Waals surface area contributed by atoms with Crippen LogP contribution in [0.3, 0.4) is 0 Å². The van der Waals surface area contributed by atoms with Crippen molar-refractivity contribution in [3.05, 3.63) is 192 Å². The van der Waals surface area contributed by atoms with E-state index in [0.29, 0.717) is 11.5 Å². The topological polar surface area (TPSA) is 33.5 Å². The number of nitrogens with zero attached hydrogens (tertiary/aromatic N) is 4. The molecular weight excluding hydrogens is 1040 g/mol. The predicted molar refractivity (Wildman–Crippen MR) is 292 cm³/mol. The van der Waals surface area contributed by atoms with Crippen LogP contribution in [0.4, 0.5) is 11.4 Å². The largest absolute Gasteiger partial charge is 0.509 e. The number of pyridine rings is 1. The Morgan fingerprint density at radius 1 is 0.514 bits per heavy atom. The first-order valence-electron chi connectivity index (χ1n) is 24.5. The first kappa shape index (κ1) is 50.5. The molecule has 1 aliphatic heterocycles. The van der Waals surface area contributed by atoms with Crippen LogP contribution in [0, 0.1) is 18.8 Å². The van der Waals surface area contributed by atoms with Gasteiger partial charge in [0.25, 0.3) is 0 Å². The van der Waals surface area contributed by atoms with Crippen molar-refractivity contribution in [2.45, 2.75) is 131 Å². The summed E-state index contributed by atoms with van der Waals surface area (Å²) in [5, 5.41) is 2.22. The number of hydrogen-bond acceptors (Lipinski definition) is 4. The minimum absolute atomic E-state index is 0. The minimum atomic E-state index is -0.177. The molecule has 0 unspecified atom stereocenters. The van der Waals surface area contributed by atoms with Gasteiger partial charge in [0, 0.05) is 55.7 Å². The molecule has 6 heteroatoms. The Balaban J connectivity index is 0.00000659. The first-order chi connectivity index (χ1) is 32.3. The molecule has 9 rings (SSSR count). The van der Waals surface area contributed by atoms with Crippen LogP contribution < -0.4 is 14.5 Å². The van der Waals surface area contributed by atoms with E-state index in [-0.39, 0.29) is 48.1 Å². The number of benzene rings is 6. The number of para-hydroxylation sites is 2. The Kier molecular flexibility index (Phi) is 13.2. The van der Waals surface area contributed by atoms with Gasteiger partial charge in [-0.05, 0) is 102 Å². The van der Waals surface area contributed by atoms with Gasteiger partial charge in [0.05, 0.1) is 0 Å². The monoisotopic (exact) mass is 1100 g/mol. The maximum Gasteiger partial charge on any atom is 0.136 e. The van der Waals surface area contributed by atoms with E-state index in [1.807, 2.05) is 6.07 Å². The van der Waals surface area contributed by atoms with Gasteiger partial charge in [0.15, 0.2) is 0 Å². The second-order valence-corrected chi connectivity index (χ2v) is 24.1. The van der Waals surface area contributed by atoms with Gasteiger partial charge in [0.1, 0.15) is 5.82 Å². The summed E-state index contributed by atoms with van der Waals surface area (Å²) < 4.78 is 9.16. The normalized spacial score (nSPS) is 13.8. The maximum absolute atomic E-state index is 6.93. The summed E-state index contributed by atoms with van der Waals surface area (Å²) in [5.41, 5.74) is 14.5. The molecule has 8 aromatic rings. The van der Waals surface area contributed by atoms with E-state index in [1.54, 1.807) is 0 Å². The van der Waals surface area contributed by atoms with Gasteiger partial charge in [-0.25, -0.2) is 4.98 Å². The van der Waals surface area contributed by atoms with Gasteiger partial charge < -0.3 is 19.1 Å². The van der Waals surface area contributed by atoms with Crippen LogP contribution in [0.5, 0.6) is 11.5 Å². The van der Waals surface area contributed by atoms with E-state index < -0.39 is 0 Å². The summed E-state index contributed by atoms with van der Waals surface area (Å²) >= 11 is 0. The fourth-order valence-electron chi connectivity index (χ4n) is 9.41. The Labute approximate surface area is 432 Å². The second kappa shape index (κ2) is 18.4. The zero-order chi connectivity index (χ0) is 49.4. The average Bonchev–Trinajstić information content (AvgIpc) is 3.88. The van der Waals surface area contributed by atoms with Gasteiger partial charge in [-0.15, -0.1) is 53.6 Å². The van der Waals surface area contributed by atoms with E-state index in [2.05, 4.69) is 271 Å². The second-order valence-electron chi connectivity index (χ2n) is 24.1. The number of aromatic nitrogens is 2. The Morgan fingerprint density at radius 3 is 1.84 bits per heavy atom. The molecule has 0 saturated carbocycles. The molecule has 0 saturated heterocycles. The molecule has 0 radical (unpaired) electrons. The standard InChI is InChI=1S/C64H69N4O.Pt/c1-60(2,3)44-29-27-42(28-30-44)52-38-59(65-39-54(52)64(13,14)15)68-55-25-18-16-23-50(55)51-32-31-48(37-57(51)68)69-49-35-46(62(7,8)9)34-47(36-49)66-40-58(43-21-20-22-45(33-43)61(4,5)6)67(41-66)56-26-19-17-24-53(56)63(10,11)12;/h16-35,38-41H,1-15H3;/q-3;. The molecule has 3 heterocycles. The number of fused-ring (bicyclic) bond motifs is 3. The fourth-order valence-corrected chi connectivity index (χ4v) is 9.41. The van der Waals surface area contributed by atoms with E-state index >= 15 is 0 Å². The molecule has 1 aliphatic rings. The van der Waals surface area contributed by atoms with Gasteiger partial charge in [-0.2, -0.15) is 6.07 Å². The predicted octanol–water partition coefficient (Wildman–Crippen LogP) is 17.2. The van der Waals surface area contributed by atoms with Crippen molar-refractivity contribution < 1.29 is 25.8 Å². The zero-order valence-corrected chi connectivity index (χ0v) is 46.1. The molecule has 0 atom stereocenters. The SMILES string of the molecule is CC(C)(C)c1ccc(-c2cc(-n3c4[c-]c(Oc5[c-]c(N6C=C(c7cccc(C(C)(C)C)c7)N(c7ccccc7C(C)(C)C)[CH-]6)cc(C(C)(C)C)c5)ccc4c4ccccc43)ncc2C(C)(C)C)cc1.[Pt]. The number of rotatable bonds is 7. The maximum atomic E-state index is 6.93. The summed E-state index contributed by atoms with van der Waals surface area (Å²) in [6.07, 6.45) is 4.31. The molecule has 6 aromatic carbocycles. The fraction of sp³-hybridized carbons (Fsp3) is 0.312. The Bertz CT molecular complexity index is 3250. The summed E-state index contributed by atoms with van der Waals surface area (Å²) in [7, 11) is 0. The van der Waals surface area contributed by atoms with Crippen LogP contribution in [-0.2, 0) is 48.1 Å². The van der Waals surface area contributed by atoms with Crippen molar-refractivity contribution in [2.24, 2.45) is 0 Å². The quantitative estimate of drug-likeness (QED) is 0.149. The van der Waals surface area contributed by atoms with Crippen molar-refractivity contribution in [3.8, 4) is 28.4 Å². The van der Waals surface area contributed by atoms with Crippen LogP contribution >= 0.6 is 0 Å². The average molecular weight is 1110 g/mol. The molecule has 0 bridgehead atoms. The Hall–Kier alpha value is -5.90. The molecule has 0 spiro atoms. The van der Waals surface area contributed by atoms with Crippen LogP contribution in [-0.4, -0.2) is 9.55 Å². The van der Waals surface area contributed by atoms with Crippen molar-refractivity contribution >= 4 is 38.9 Å². The zero-order valence-electron chi connectivity index (χ0n) is 43.9. The molecule has 0 N–H and O–H groups in total. The first-order valence-corrected chi connectivity index (χ1v) is 24.5. The van der Waals surface area contributed by atoms with Crippen molar-refractivity contribution in [2.75, 3.05) is 9.80 Å². The third-order valence-electron chi connectivity index (χ3n) is 13.5. The molecule has 0 fully saturated rings. The van der Waals surface area contributed by atoms with Gasteiger partial charge in [-0.1, -0.05) is 188 Å². The van der Waals surface area contributed by atoms with Crippen LogP contribution in [0.2, 0.25) is 0 Å². The Morgan fingerprint density at radius 2 is 1.17 bits per heavy atom. The van der Waals surface area contributed by atoms with E-state index in [1.165, 1.54) is 33.4 Å². The van der Waals surface area contributed by atoms with E-state index in [4.69, 9.17) is 9.72 Å². The molecule has 5 nitrogen and oxygen atoms in total. The van der Waals surface area contributed by atoms with Crippen LogP contribution in [0.1, 0.15) is 137 Å². The third-order valence-corrected chi connectivity index (χ3v) is 13.5. The van der Waals surface area contributed by atoms with E-state index in [9.17, 15) is 0 Å². The molecule has 0 aliphatic carbocycles. The minimum Gasteiger partial charge on any atom is -0.509 e. The number of anilines is 2. The van der Waals surface area contributed by atoms with Gasteiger partial charge >= 0.3 is 0 Å². The smallest absolute Gasteiger partial charge is 0.136 e. The molecule has 2 aromatic heterocycles. The summed E-state index contributed by atoms with van der Waals surface area (Å²) in [6, 6.07) is 53.6. The van der Waals surface area contributed by atoms with Gasteiger partial charge in [0.2, 0.25) is 0 Å². The molecule has 364 valence electrons. The summed E-state index contributed by atoms with van der Waals surface area (Å²) in [4.78, 5) is 9.75. The molecular formula is C64H69N4OPt-3. The van der Waals surface area contributed by atoms with Crippen LogP contribution in [0.25, 0.3) is 44.4 Å². The van der Waals surface area contributed by atoms with E-state index in [0.717, 1.165) is 55.8 Å². The number of hydrogen-bond donors (Lipinski definition) is 0. The third kappa shape index (κ3) is 10.0. The van der Waals surface area contributed by atoms with Gasteiger partial charge in [-0.3, -0.25) is 0 Å². The molecule has 0 amide bonds. The van der Waals surface area contributed by atoms with Crippen LogP contribution in [0.15, 0.2) is 140 Å². The summed E-state index contributed by atoms with van der Waals surface area (Å²) in [6.45, 7) is 36.2. The van der Waals surface area contributed by atoms with Crippen molar-refractivity contribution in [1.82, 2.24) is 9.55 Å². The number of ether oxygens (including phenoxy) is 1. The summed E-state index contributed by atoms with van der Waals surface area (Å²) in [5.74, 6) is 2.06. The van der Waals surface area contributed by atoms with Crippen molar-refractivity contribution in [1.29, 1.82) is 0 Å². The molecule has 70 heavy (non-hydrogen) atoms. The van der Waals surface area contributed by atoms with Crippen molar-refractivity contribution in [3.63, 3.8) is 0 Å².